The number of nitro benzene ring substituents is 1. The van der Waals surface area contributed by atoms with Gasteiger partial charge in [0.25, 0.3) is 5.69 Å². The Balaban J connectivity index is 1.76. The van der Waals surface area contributed by atoms with E-state index in [1.54, 1.807) is 11.0 Å². The van der Waals surface area contributed by atoms with Crippen LogP contribution in [0.5, 0.6) is 5.75 Å². The van der Waals surface area contributed by atoms with Gasteiger partial charge in [-0.1, -0.05) is 0 Å². The van der Waals surface area contributed by atoms with Crippen LogP contribution in [0, 0.1) is 10.1 Å². The third kappa shape index (κ3) is 2.96. The van der Waals surface area contributed by atoms with Crippen molar-refractivity contribution >= 4 is 11.7 Å². The fraction of sp³-hybridized carbons (Fsp3) is 0.500. The zero-order valence-electron chi connectivity index (χ0n) is 12.2. The van der Waals surface area contributed by atoms with E-state index in [4.69, 9.17) is 4.74 Å². The Morgan fingerprint density at radius 1 is 1.23 bits per heavy atom. The van der Waals surface area contributed by atoms with E-state index in [9.17, 15) is 14.9 Å². The van der Waals surface area contributed by atoms with Crippen LogP contribution in [0.2, 0.25) is 0 Å². The van der Waals surface area contributed by atoms with E-state index in [2.05, 4.69) is 5.32 Å². The van der Waals surface area contributed by atoms with Crippen molar-refractivity contribution < 1.29 is 14.5 Å². The summed E-state index contributed by atoms with van der Waals surface area (Å²) in [6.45, 7) is 4.23. The Hall–Kier alpha value is -2.35. The zero-order valence-corrected chi connectivity index (χ0v) is 12.2. The molecular formula is C14H18N4O4. The molecule has 1 aromatic carbocycles. The number of nitrogens with zero attached hydrogens (tertiary/aromatic N) is 3. The monoisotopic (exact) mass is 306 g/mol. The number of hydrogen-bond donors (Lipinski definition) is 1. The van der Waals surface area contributed by atoms with Crippen LogP contribution in [0.25, 0.3) is 0 Å². The normalized spacial score (nSPS) is 18.2. The highest BCUT2D eigenvalue weighted by Crippen LogP contribution is 2.28. The third-order valence-corrected chi connectivity index (χ3v) is 3.90. The highest BCUT2D eigenvalue weighted by Gasteiger charge is 2.26. The Labute approximate surface area is 127 Å². The second-order valence-corrected chi connectivity index (χ2v) is 5.34. The summed E-state index contributed by atoms with van der Waals surface area (Å²) in [4.78, 5) is 26.5. The molecule has 0 atom stereocenters. The maximum Gasteiger partial charge on any atom is 0.320 e. The number of nitrogens with one attached hydrogen (secondary N) is 1. The van der Waals surface area contributed by atoms with Crippen molar-refractivity contribution in [1.82, 2.24) is 15.1 Å². The van der Waals surface area contributed by atoms with E-state index in [-0.39, 0.29) is 11.7 Å². The summed E-state index contributed by atoms with van der Waals surface area (Å²) < 4.78 is 5.58. The first-order chi connectivity index (χ1) is 10.6. The number of hydrogen-bond acceptors (Lipinski definition) is 5. The standard InChI is InChI=1S/C14H18N4O4/c19-14(16-5-3-15-4-6-16)17-7-8-22-13-9-12(18(20)21)2-1-11(13)10-17/h1-2,9,15H,3-8,10H2. The van der Waals surface area contributed by atoms with Crippen molar-refractivity contribution in [1.29, 1.82) is 0 Å². The summed E-state index contributed by atoms with van der Waals surface area (Å²) in [6, 6.07) is 4.53. The molecule has 2 heterocycles. The van der Waals surface area contributed by atoms with Gasteiger partial charge in [-0.2, -0.15) is 0 Å². The van der Waals surface area contributed by atoms with Gasteiger partial charge in [-0.25, -0.2) is 4.79 Å². The number of ether oxygens (including phenoxy) is 1. The molecule has 0 aliphatic carbocycles. The smallest absolute Gasteiger partial charge is 0.320 e. The van der Waals surface area contributed by atoms with Crippen LogP contribution in [0.4, 0.5) is 10.5 Å². The van der Waals surface area contributed by atoms with Crippen molar-refractivity contribution in [2.45, 2.75) is 6.54 Å². The average Bonchev–Trinajstić information content (AvgIpc) is 2.76. The number of carbonyl (C=O) groups is 1. The summed E-state index contributed by atoms with van der Waals surface area (Å²) in [5, 5.41) is 14.0. The molecule has 2 amide bonds. The number of fused-ring (bicyclic) bond motifs is 1. The number of benzene rings is 1. The van der Waals surface area contributed by atoms with Crippen molar-refractivity contribution in [2.75, 3.05) is 39.3 Å². The van der Waals surface area contributed by atoms with Crippen LogP contribution < -0.4 is 10.1 Å². The van der Waals surface area contributed by atoms with Crippen LogP contribution in [0.1, 0.15) is 5.56 Å². The van der Waals surface area contributed by atoms with Gasteiger partial charge in [-0.15, -0.1) is 0 Å². The Morgan fingerprint density at radius 2 is 2.00 bits per heavy atom. The molecule has 0 radical (unpaired) electrons. The molecule has 0 spiro atoms. The summed E-state index contributed by atoms with van der Waals surface area (Å²) in [6.07, 6.45) is 0. The molecule has 118 valence electrons. The largest absolute Gasteiger partial charge is 0.491 e. The third-order valence-electron chi connectivity index (χ3n) is 3.90. The molecule has 0 saturated carbocycles. The number of urea groups is 1. The number of amides is 2. The zero-order chi connectivity index (χ0) is 15.5. The van der Waals surface area contributed by atoms with E-state index >= 15 is 0 Å². The van der Waals surface area contributed by atoms with Gasteiger partial charge >= 0.3 is 6.03 Å². The van der Waals surface area contributed by atoms with Crippen LogP contribution in [0.3, 0.4) is 0 Å². The number of carbonyl (C=O) groups excluding carboxylic acids is 1. The molecule has 2 aliphatic rings. The molecule has 8 nitrogen and oxygen atoms in total. The summed E-state index contributed by atoms with van der Waals surface area (Å²) in [7, 11) is 0. The topological polar surface area (TPSA) is 88.0 Å². The molecule has 1 fully saturated rings. The Morgan fingerprint density at radius 3 is 2.73 bits per heavy atom. The highest BCUT2D eigenvalue weighted by molar-refractivity contribution is 5.75. The first-order valence-corrected chi connectivity index (χ1v) is 7.30. The maximum absolute atomic E-state index is 12.6. The minimum Gasteiger partial charge on any atom is -0.491 e. The van der Waals surface area contributed by atoms with Crippen molar-refractivity contribution in [3.8, 4) is 5.75 Å². The molecule has 1 N–H and O–H groups in total. The molecular weight excluding hydrogens is 288 g/mol. The quantitative estimate of drug-likeness (QED) is 0.613. The van der Waals surface area contributed by atoms with Gasteiger partial charge in [0, 0.05) is 37.8 Å². The second-order valence-electron chi connectivity index (χ2n) is 5.34. The molecule has 8 heteroatoms. The summed E-state index contributed by atoms with van der Waals surface area (Å²) in [5.41, 5.74) is 0.798. The average molecular weight is 306 g/mol. The van der Waals surface area contributed by atoms with Crippen LogP contribution in [-0.4, -0.2) is 60.1 Å². The number of piperazine rings is 1. The lowest BCUT2D eigenvalue weighted by Gasteiger charge is -2.32. The molecule has 1 aromatic rings. The van der Waals surface area contributed by atoms with Gasteiger partial charge < -0.3 is 19.9 Å². The van der Waals surface area contributed by atoms with E-state index in [0.717, 1.165) is 18.7 Å². The van der Waals surface area contributed by atoms with Gasteiger partial charge in [0.05, 0.1) is 24.1 Å². The SMILES string of the molecule is O=C(N1CCNCC1)N1CCOc2cc([N+](=O)[O-])ccc2C1. The molecule has 1 saturated heterocycles. The van der Waals surface area contributed by atoms with Crippen LogP contribution in [-0.2, 0) is 6.54 Å². The van der Waals surface area contributed by atoms with E-state index < -0.39 is 4.92 Å². The lowest BCUT2D eigenvalue weighted by molar-refractivity contribution is -0.384. The first kappa shape index (κ1) is 14.6. The van der Waals surface area contributed by atoms with Crippen LogP contribution >= 0.6 is 0 Å². The van der Waals surface area contributed by atoms with Crippen molar-refractivity contribution in [3.05, 3.63) is 33.9 Å². The maximum atomic E-state index is 12.6. The van der Waals surface area contributed by atoms with Gasteiger partial charge in [0.1, 0.15) is 12.4 Å². The minimum atomic E-state index is -0.446. The number of nitro groups is 1. The van der Waals surface area contributed by atoms with Gasteiger partial charge in [0.15, 0.2) is 0 Å². The van der Waals surface area contributed by atoms with E-state index in [1.807, 2.05) is 4.90 Å². The second kappa shape index (κ2) is 6.18. The Bertz CT molecular complexity index is 586. The summed E-state index contributed by atoms with van der Waals surface area (Å²) in [5.74, 6) is 0.491. The predicted octanol–water partition coefficient (Wildman–Crippen LogP) is 0.814. The summed E-state index contributed by atoms with van der Waals surface area (Å²) >= 11 is 0. The minimum absolute atomic E-state index is 0.000585. The van der Waals surface area contributed by atoms with Gasteiger partial charge in [-0.05, 0) is 6.07 Å². The van der Waals surface area contributed by atoms with E-state index in [1.165, 1.54) is 12.1 Å². The van der Waals surface area contributed by atoms with Crippen molar-refractivity contribution in [3.63, 3.8) is 0 Å². The molecule has 3 rings (SSSR count). The molecule has 2 aliphatic heterocycles. The fourth-order valence-corrected chi connectivity index (χ4v) is 2.69. The lowest BCUT2D eigenvalue weighted by atomic mass is 10.1. The van der Waals surface area contributed by atoms with Crippen molar-refractivity contribution in [2.24, 2.45) is 0 Å². The molecule has 22 heavy (non-hydrogen) atoms. The fourth-order valence-electron chi connectivity index (χ4n) is 2.69. The molecule has 0 bridgehead atoms. The highest BCUT2D eigenvalue weighted by atomic mass is 16.6. The lowest BCUT2D eigenvalue weighted by Crippen LogP contribution is -2.51. The Kier molecular flexibility index (Phi) is 4.10. The molecule has 0 aromatic heterocycles. The first-order valence-electron chi connectivity index (χ1n) is 7.30. The van der Waals surface area contributed by atoms with Gasteiger partial charge in [0.2, 0.25) is 0 Å². The number of non-ortho nitro benzene ring substituents is 1. The van der Waals surface area contributed by atoms with Crippen LogP contribution in [0.15, 0.2) is 18.2 Å². The van der Waals surface area contributed by atoms with E-state index in [0.29, 0.717) is 38.5 Å². The predicted molar refractivity (Wildman–Crippen MR) is 78.8 cm³/mol. The molecule has 0 unspecified atom stereocenters. The van der Waals surface area contributed by atoms with Gasteiger partial charge in [-0.3, -0.25) is 10.1 Å². The number of rotatable bonds is 1.